The normalized spacial score (nSPS) is 11.2. The first kappa shape index (κ1) is 14.4. The lowest BCUT2D eigenvalue weighted by Gasteiger charge is -2.10. The maximum Gasteiger partial charge on any atom is 0.244 e. The maximum atomic E-state index is 12.2. The number of hydrogen-bond acceptors (Lipinski definition) is 5. The van der Waals surface area contributed by atoms with Gasteiger partial charge in [0.05, 0.1) is 7.11 Å². The SMILES string of the molecule is COc1ccccc1S(=O)(=O)NCCc1cncnc1. The summed E-state index contributed by atoms with van der Waals surface area (Å²) in [5, 5.41) is 0. The number of hydrogen-bond donors (Lipinski definition) is 1. The van der Waals surface area contributed by atoms with E-state index in [0.29, 0.717) is 12.2 Å². The minimum atomic E-state index is -3.59. The Hall–Kier alpha value is -1.99. The Balaban J connectivity index is 2.04. The van der Waals surface area contributed by atoms with Crippen molar-refractivity contribution in [1.82, 2.24) is 14.7 Å². The summed E-state index contributed by atoms with van der Waals surface area (Å²) in [6.07, 6.45) is 5.27. The Kier molecular flexibility index (Phi) is 4.65. The topological polar surface area (TPSA) is 81.2 Å². The van der Waals surface area contributed by atoms with E-state index >= 15 is 0 Å². The zero-order valence-electron chi connectivity index (χ0n) is 11.0. The van der Waals surface area contributed by atoms with Crippen molar-refractivity contribution >= 4 is 10.0 Å². The summed E-state index contributed by atoms with van der Waals surface area (Å²) >= 11 is 0. The standard InChI is InChI=1S/C13H15N3O3S/c1-19-12-4-2-3-5-13(12)20(17,18)16-7-6-11-8-14-10-15-9-11/h2-5,8-10,16H,6-7H2,1H3. The molecule has 1 aromatic heterocycles. The van der Waals surface area contributed by atoms with Gasteiger partial charge >= 0.3 is 0 Å². The summed E-state index contributed by atoms with van der Waals surface area (Å²) in [5.41, 5.74) is 0.871. The summed E-state index contributed by atoms with van der Waals surface area (Å²) in [5.74, 6) is 0.322. The molecule has 0 amide bonds. The lowest BCUT2D eigenvalue weighted by molar-refractivity contribution is 0.402. The van der Waals surface area contributed by atoms with Gasteiger partial charge in [0, 0.05) is 18.9 Å². The van der Waals surface area contributed by atoms with Gasteiger partial charge in [-0.05, 0) is 24.1 Å². The average molecular weight is 293 g/mol. The van der Waals surface area contributed by atoms with Crippen molar-refractivity contribution in [1.29, 1.82) is 0 Å². The van der Waals surface area contributed by atoms with Crippen LogP contribution in [0.3, 0.4) is 0 Å². The second-order valence-electron chi connectivity index (χ2n) is 4.05. The molecule has 6 nitrogen and oxygen atoms in total. The second-order valence-corrected chi connectivity index (χ2v) is 5.78. The molecule has 0 aliphatic rings. The molecular formula is C13H15N3O3S. The summed E-state index contributed by atoms with van der Waals surface area (Å²) in [4.78, 5) is 7.89. The Morgan fingerprint density at radius 1 is 1.20 bits per heavy atom. The molecule has 20 heavy (non-hydrogen) atoms. The minimum absolute atomic E-state index is 0.131. The van der Waals surface area contributed by atoms with Gasteiger partial charge < -0.3 is 4.74 Å². The minimum Gasteiger partial charge on any atom is -0.495 e. The number of benzene rings is 1. The van der Waals surface area contributed by atoms with E-state index in [-0.39, 0.29) is 11.4 Å². The summed E-state index contributed by atoms with van der Waals surface area (Å²) in [6.45, 7) is 0.272. The fourth-order valence-corrected chi connectivity index (χ4v) is 2.91. The van der Waals surface area contributed by atoms with Crippen LogP contribution in [0.4, 0.5) is 0 Å². The lowest BCUT2D eigenvalue weighted by atomic mass is 10.2. The van der Waals surface area contributed by atoms with Crippen LogP contribution in [0.5, 0.6) is 5.75 Å². The highest BCUT2D eigenvalue weighted by atomic mass is 32.2. The number of rotatable bonds is 6. The number of para-hydroxylation sites is 1. The first-order chi connectivity index (χ1) is 9.63. The van der Waals surface area contributed by atoms with Gasteiger partial charge in [0.2, 0.25) is 10.0 Å². The molecular weight excluding hydrogens is 278 g/mol. The van der Waals surface area contributed by atoms with Gasteiger partial charge in [-0.25, -0.2) is 23.1 Å². The van der Waals surface area contributed by atoms with Crippen LogP contribution in [-0.2, 0) is 16.4 Å². The van der Waals surface area contributed by atoms with Crippen molar-refractivity contribution < 1.29 is 13.2 Å². The van der Waals surface area contributed by atoms with E-state index in [2.05, 4.69) is 14.7 Å². The zero-order chi connectivity index (χ0) is 14.4. The summed E-state index contributed by atoms with van der Waals surface area (Å²) in [6, 6.07) is 6.49. The zero-order valence-corrected chi connectivity index (χ0v) is 11.8. The molecule has 7 heteroatoms. The van der Waals surface area contributed by atoms with Gasteiger partial charge in [-0.1, -0.05) is 12.1 Å². The van der Waals surface area contributed by atoms with E-state index in [0.717, 1.165) is 5.56 Å². The Bertz CT molecular complexity index is 660. The molecule has 0 bridgehead atoms. The highest BCUT2D eigenvalue weighted by Gasteiger charge is 2.18. The van der Waals surface area contributed by atoms with E-state index in [1.54, 1.807) is 30.6 Å². The van der Waals surface area contributed by atoms with E-state index < -0.39 is 10.0 Å². The molecule has 0 radical (unpaired) electrons. The molecule has 0 saturated carbocycles. The van der Waals surface area contributed by atoms with Crippen LogP contribution in [0.2, 0.25) is 0 Å². The fourth-order valence-electron chi connectivity index (χ4n) is 1.71. The monoisotopic (exact) mass is 293 g/mol. The molecule has 1 N–H and O–H groups in total. The number of methoxy groups -OCH3 is 1. The Labute approximate surface area is 117 Å². The first-order valence-electron chi connectivity index (χ1n) is 6.00. The molecule has 0 aliphatic carbocycles. The molecule has 106 valence electrons. The molecule has 0 spiro atoms. The van der Waals surface area contributed by atoms with Gasteiger partial charge in [0.25, 0.3) is 0 Å². The van der Waals surface area contributed by atoms with Crippen molar-refractivity contribution in [3.05, 3.63) is 48.5 Å². The summed E-state index contributed by atoms with van der Waals surface area (Å²) in [7, 11) is -2.15. The average Bonchev–Trinajstić information content (AvgIpc) is 2.48. The van der Waals surface area contributed by atoms with Gasteiger partial charge in [-0.15, -0.1) is 0 Å². The van der Waals surface area contributed by atoms with Gasteiger partial charge in [0.1, 0.15) is 17.0 Å². The third-order valence-electron chi connectivity index (χ3n) is 2.68. The van der Waals surface area contributed by atoms with Crippen LogP contribution < -0.4 is 9.46 Å². The number of nitrogens with one attached hydrogen (secondary N) is 1. The van der Waals surface area contributed by atoms with Crippen molar-refractivity contribution in [2.75, 3.05) is 13.7 Å². The predicted octanol–water partition coefficient (Wildman–Crippen LogP) is 1.01. The van der Waals surface area contributed by atoms with Gasteiger partial charge in [-0.2, -0.15) is 0 Å². The van der Waals surface area contributed by atoms with Crippen LogP contribution >= 0.6 is 0 Å². The molecule has 0 aliphatic heterocycles. The lowest BCUT2D eigenvalue weighted by Crippen LogP contribution is -2.26. The van der Waals surface area contributed by atoms with Crippen molar-refractivity contribution in [2.45, 2.75) is 11.3 Å². The van der Waals surface area contributed by atoms with E-state index in [9.17, 15) is 8.42 Å². The van der Waals surface area contributed by atoms with Gasteiger partial charge in [0.15, 0.2) is 0 Å². The molecule has 2 rings (SSSR count). The van der Waals surface area contributed by atoms with Crippen LogP contribution in [-0.4, -0.2) is 32.0 Å². The van der Waals surface area contributed by atoms with E-state index in [4.69, 9.17) is 4.74 Å². The molecule has 0 unspecified atom stereocenters. The van der Waals surface area contributed by atoms with Crippen LogP contribution in [0.15, 0.2) is 47.9 Å². The van der Waals surface area contributed by atoms with Crippen molar-refractivity contribution in [3.8, 4) is 5.75 Å². The molecule has 2 aromatic rings. The van der Waals surface area contributed by atoms with E-state index in [1.807, 2.05) is 0 Å². The van der Waals surface area contributed by atoms with Crippen molar-refractivity contribution in [2.24, 2.45) is 0 Å². The number of aromatic nitrogens is 2. The maximum absolute atomic E-state index is 12.2. The molecule has 1 aromatic carbocycles. The number of sulfonamides is 1. The van der Waals surface area contributed by atoms with Crippen LogP contribution in [0.1, 0.15) is 5.56 Å². The molecule has 0 saturated heterocycles. The predicted molar refractivity (Wildman–Crippen MR) is 73.9 cm³/mol. The van der Waals surface area contributed by atoms with Crippen LogP contribution in [0, 0.1) is 0 Å². The third kappa shape index (κ3) is 3.52. The molecule has 0 fully saturated rings. The molecule has 0 atom stereocenters. The van der Waals surface area contributed by atoms with Crippen molar-refractivity contribution in [3.63, 3.8) is 0 Å². The largest absolute Gasteiger partial charge is 0.495 e. The van der Waals surface area contributed by atoms with Crippen LogP contribution in [0.25, 0.3) is 0 Å². The third-order valence-corrected chi connectivity index (χ3v) is 4.18. The summed E-state index contributed by atoms with van der Waals surface area (Å²) < 4.78 is 32.0. The van der Waals surface area contributed by atoms with E-state index in [1.165, 1.54) is 19.5 Å². The molecule has 1 heterocycles. The number of ether oxygens (including phenoxy) is 1. The fraction of sp³-hybridized carbons (Fsp3) is 0.231. The first-order valence-corrected chi connectivity index (χ1v) is 7.48. The highest BCUT2D eigenvalue weighted by Crippen LogP contribution is 2.22. The Morgan fingerprint density at radius 3 is 2.60 bits per heavy atom. The quantitative estimate of drug-likeness (QED) is 0.859. The Morgan fingerprint density at radius 2 is 1.90 bits per heavy atom. The smallest absolute Gasteiger partial charge is 0.244 e. The number of nitrogens with zero attached hydrogens (tertiary/aromatic N) is 2. The highest BCUT2D eigenvalue weighted by molar-refractivity contribution is 7.89. The van der Waals surface area contributed by atoms with Gasteiger partial charge in [-0.3, -0.25) is 0 Å². The second kappa shape index (κ2) is 6.44.